The quantitative estimate of drug-likeness (QED) is 0.394. The molecular formula is C9H16N4. The van der Waals surface area contributed by atoms with E-state index in [9.17, 15) is 0 Å². The number of nitrogens with zero attached hydrogens (tertiary/aromatic N) is 3. The molecule has 1 atom stereocenters. The summed E-state index contributed by atoms with van der Waals surface area (Å²) in [6.07, 6.45) is 5.36. The van der Waals surface area contributed by atoms with E-state index in [1.807, 2.05) is 0 Å². The molecule has 1 N–H and O–H groups in total. The molecule has 1 spiro atoms. The lowest BCUT2D eigenvalue weighted by atomic mass is 9.77. The number of nitrogens with one attached hydrogen (secondary N) is 1. The molecule has 0 aromatic rings. The zero-order valence-corrected chi connectivity index (χ0v) is 7.87. The average Bonchev–Trinajstić information content (AvgIpc) is 2.75. The van der Waals surface area contributed by atoms with Gasteiger partial charge in [0.1, 0.15) is 0 Å². The van der Waals surface area contributed by atoms with Gasteiger partial charge in [-0.25, -0.2) is 0 Å². The molecule has 0 bridgehead atoms. The van der Waals surface area contributed by atoms with E-state index in [0.717, 1.165) is 13.1 Å². The van der Waals surface area contributed by atoms with Crippen molar-refractivity contribution in [1.82, 2.24) is 5.32 Å². The van der Waals surface area contributed by atoms with Crippen LogP contribution in [0.4, 0.5) is 0 Å². The Labute approximate surface area is 78.3 Å². The second kappa shape index (κ2) is 3.56. The van der Waals surface area contributed by atoms with Crippen LogP contribution >= 0.6 is 0 Å². The molecule has 4 heteroatoms. The highest BCUT2D eigenvalue weighted by Crippen LogP contribution is 2.46. The first-order chi connectivity index (χ1) is 6.37. The first-order valence-electron chi connectivity index (χ1n) is 5.09. The molecule has 2 rings (SSSR count). The highest BCUT2D eigenvalue weighted by Gasteiger charge is 2.43. The SMILES string of the molecule is [N-]=[N+]=NCC1CNCC12CCCC2. The molecule has 0 aromatic heterocycles. The zero-order valence-electron chi connectivity index (χ0n) is 7.87. The van der Waals surface area contributed by atoms with Gasteiger partial charge in [0.15, 0.2) is 0 Å². The second-order valence-electron chi connectivity index (χ2n) is 4.31. The Hall–Kier alpha value is -0.730. The molecular weight excluding hydrogens is 164 g/mol. The van der Waals surface area contributed by atoms with E-state index in [2.05, 4.69) is 15.3 Å². The zero-order chi connectivity index (χ0) is 9.15. The molecule has 1 saturated carbocycles. The van der Waals surface area contributed by atoms with Crippen molar-refractivity contribution in [3.63, 3.8) is 0 Å². The molecule has 13 heavy (non-hydrogen) atoms. The molecule has 0 amide bonds. The van der Waals surface area contributed by atoms with Crippen molar-refractivity contribution in [1.29, 1.82) is 0 Å². The fraction of sp³-hybridized carbons (Fsp3) is 1.00. The Balaban J connectivity index is 2.04. The lowest BCUT2D eigenvalue weighted by molar-refractivity contribution is 0.239. The van der Waals surface area contributed by atoms with Crippen LogP contribution in [-0.2, 0) is 0 Å². The molecule has 72 valence electrons. The Kier molecular flexibility index (Phi) is 2.42. The van der Waals surface area contributed by atoms with Crippen molar-refractivity contribution >= 4 is 0 Å². The van der Waals surface area contributed by atoms with Crippen molar-refractivity contribution in [3.8, 4) is 0 Å². The molecule has 1 saturated heterocycles. The van der Waals surface area contributed by atoms with E-state index in [1.165, 1.54) is 25.7 Å². The van der Waals surface area contributed by atoms with E-state index < -0.39 is 0 Å². The van der Waals surface area contributed by atoms with Crippen LogP contribution in [-0.4, -0.2) is 19.6 Å². The van der Waals surface area contributed by atoms with Gasteiger partial charge in [-0.15, -0.1) is 0 Å². The number of hydrogen-bond donors (Lipinski definition) is 1. The maximum atomic E-state index is 8.30. The summed E-state index contributed by atoms with van der Waals surface area (Å²) >= 11 is 0. The third-order valence-corrected chi connectivity index (χ3v) is 3.70. The first kappa shape index (κ1) is 8.85. The van der Waals surface area contributed by atoms with Gasteiger partial charge in [-0.3, -0.25) is 0 Å². The average molecular weight is 180 g/mol. The monoisotopic (exact) mass is 180 g/mol. The van der Waals surface area contributed by atoms with Gasteiger partial charge in [-0.2, -0.15) is 0 Å². The fourth-order valence-corrected chi connectivity index (χ4v) is 2.91. The van der Waals surface area contributed by atoms with Crippen LogP contribution in [0, 0.1) is 11.3 Å². The molecule has 1 aliphatic carbocycles. The lowest BCUT2D eigenvalue weighted by Crippen LogP contribution is -2.28. The molecule has 0 radical (unpaired) electrons. The minimum Gasteiger partial charge on any atom is -0.316 e. The van der Waals surface area contributed by atoms with E-state index in [-0.39, 0.29) is 0 Å². The summed E-state index contributed by atoms with van der Waals surface area (Å²) in [4.78, 5) is 2.85. The van der Waals surface area contributed by atoms with Gasteiger partial charge in [0.25, 0.3) is 0 Å². The predicted octanol–water partition coefficient (Wildman–Crippen LogP) is 2.08. The summed E-state index contributed by atoms with van der Waals surface area (Å²) in [5.41, 5.74) is 8.78. The maximum Gasteiger partial charge on any atom is 0.0304 e. The summed E-state index contributed by atoms with van der Waals surface area (Å²) in [5.74, 6) is 0.589. The Morgan fingerprint density at radius 1 is 1.46 bits per heavy atom. The highest BCUT2D eigenvalue weighted by molar-refractivity contribution is 4.98. The van der Waals surface area contributed by atoms with Crippen LogP contribution in [0.1, 0.15) is 25.7 Å². The predicted molar refractivity (Wildman–Crippen MR) is 51.3 cm³/mol. The van der Waals surface area contributed by atoms with Gasteiger partial charge in [-0.05, 0) is 36.3 Å². The summed E-state index contributed by atoms with van der Waals surface area (Å²) < 4.78 is 0. The standard InChI is InChI=1S/C9H16N4/c10-13-12-6-8-5-11-7-9(8)3-1-2-4-9/h8,11H,1-7H2. The Morgan fingerprint density at radius 2 is 2.23 bits per heavy atom. The molecule has 1 aliphatic heterocycles. The van der Waals surface area contributed by atoms with Crippen LogP contribution in [0.5, 0.6) is 0 Å². The van der Waals surface area contributed by atoms with E-state index in [1.54, 1.807) is 0 Å². The number of azide groups is 1. The third-order valence-electron chi connectivity index (χ3n) is 3.70. The summed E-state index contributed by atoms with van der Waals surface area (Å²) in [6.45, 7) is 2.86. The van der Waals surface area contributed by atoms with Crippen LogP contribution < -0.4 is 5.32 Å². The van der Waals surface area contributed by atoms with E-state index >= 15 is 0 Å². The molecule has 1 unspecified atom stereocenters. The minimum absolute atomic E-state index is 0.480. The van der Waals surface area contributed by atoms with E-state index in [4.69, 9.17) is 5.53 Å². The Bertz CT molecular complexity index is 220. The van der Waals surface area contributed by atoms with Gasteiger partial charge in [0.05, 0.1) is 0 Å². The van der Waals surface area contributed by atoms with Gasteiger partial charge < -0.3 is 5.32 Å². The molecule has 1 heterocycles. The number of rotatable bonds is 2. The molecule has 0 aromatic carbocycles. The molecule has 2 fully saturated rings. The van der Waals surface area contributed by atoms with Gasteiger partial charge in [0, 0.05) is 18.0 Å². The second-order valence-corrected chi connectivity index (χ2v) is 4.31. The van der Waals surface area contributed by atoms with Crippen molar-refractivity contribution in [2.45, 2.75) is 25.7 Å². The third kappa shape index (κ3) is 1.52. The fourth-order valence-electron chi connectivity index (χ4n) is 2.91. The first-order valence-corrected chi connectivity index (χ1v) is 5.09. The van der Waals surface area contributed by atoms with Crippen LogP contribution in [0.15, 0.2) is 5.11 Å². The molecule has 4 nitrogen and oxygen atoms in total. The smallest absolute Gasteiger partial charge is 0.0304 e. The van der Waals surface area contributed by atoms with Crippen molar-refractivity contribution in [2.75, 3.05) is 19.6 Å². The summed E-state index contributed by atoms with van der Waals surface area (Å²) in [5, 5.41) is 7.14. The lowest BCUT2D eigenvalue weighted by Gasteiger charge is -2.28. The maximum absolute atomic E-state index is 8.30. The van der Waals surface area contributed by atoms with Gasteiger partial charge in [0.2, 0.25) is 0 Å². The minimum atomic E-state index is 0.480. The normalized spacial score (nSPS) is 30.6. The van der Waals surface area contributed by atoms with Gasteiger partial charge in [-0.1, -0.05) is 18.0 Å². The summed E-state index contributed by atoms with van der Waals surface area (Å²) in [7, 11) is 0. The van der Waals surface area contributed by atoms with Crippen molar-refractivity contribution in [2.24, 2.45) is 16.4 Å². The van der Waals surface area contributed by atoms with E-state index in [0.29, 0.717) is 17.9 Å². The summed E-state index contributed by atoms with van der Waals surface area (Å²) in [6, 6.07) is 0. The molecule has 2 aliphatic rings. The van der Waals surface area contributed by atoms with Crippen LogP contribution in [0.3, 0.4) is 0 Å². The topological polar surface area (TPSA) is 60.8 Å². The van der Waals surface area contributed by atoms with Crippen LogP contribution in [0.2, 0.25) is 0 Å². The Morgan fingerprint density at radius 3 is 2.92 bits per heavy atom. The highest BCUT2D eigenvalue weighted by atomic mass is 15.1. The number of hydrogen-bond acceptors (Lipinski definition) is 2. The van der Waals surface area contributed by atoms with Crippen molar-refractivity contribution in [3.05, 3.63) is 10.4 Å². The van der Waals surface area contributed by atoms with Crippen molar-refractivity contribution < 1.29 is 0 Å². The van der Waals surface area contributed by atoms with Gasteiger partial charge >= 0.3 is 0 Å². The largest absolute Gasteiger partial charge is 0.316 e. The van der Waals surface area contributed by atoms with Crippen LogP contribution in [0.25, 0.3) is 10.4 Å².